The number of H-pyrrole nitrogens is 1. The van der Waals surface area contributed by atoms with Crippen LogP contribution in [0.1, 0.15) is 34.3 Å². The van der Waals surface area contributed by atoms with Crippen molar-refractivity contribution in [1.82, 2.24) is 10.3 Å². The molecule has 2 N–H and O–H groups in total. The molecule has 1 heterocycles. The molecule has 0 spiro atoms. The summed E-state index contributed by atoms with van der Waals surface area (Å²) in [4.78, 5) is 27.6. The molecule has 0 radical (unpaired) electrons. The number of carbonyl (C=O) groups is 2. The lowest BCUT2D eigenvalue weighted by Gasteiger charge is -2.19. The summed E-state index contributed by atoms with van der Waals surface area (Å²) in [7, 11) is 1.49. The van der Waals surface area contributed by atoms with E-state index in [2.05, 4.69) is 10.3 Å². The largest absolute Gasteiger partial charge is 0.493 e. The second kappa shape index (κ2) is 10.4. The maximum atomic E-state index is 12.7. The molecule has 4 rings (SSSR count). The topological polar surface area (TPSA) is 80.4 Å². The number of para-hydroxylation sites is 1. The second-order valence-electron chi connectivity index (χ2n) is 7.88. The Labute approximate surface area is 202 Å². The third kappa shape index (κ3) is 5.07. The number of fused-ring (bicyclic) bond motifs is 1. The van der Waals surface area contributed by atoms with Crippen LogP contribution in [-0.4, -0.2) is 36.9 Å². The van der Waals surface area contributed by atoms with Gasteiger partial charge in [-0.3, -0.25) is 9.59 Å². The van der Waals surface area contributed by atoms with Gasteiger partial charge in [-0.2, -0.15) is 0 Å². The number of ether oxygens (including phenoxy) is 2. The molecule has 0 aliphatic rings. The van der Waals surface area contributed by atoms with E-state index in [1.807, 2.05) is 54.7 Å². The second-order valence-corrected chi connectivity index (χ2v) is 8.29. The normalized spacial score (nSPS) is 11.7. The monoisotopic (exact) mass is 476 g/mol. The zero-order valence-corrected chi connectivity index (χ0v) is 19.7. The first-order valence-electron chi connectivity index (χ1n) is 10.9. The molecular weight excluding hydrogens is 452 g/mol. The van der Waals surface area contributed by atoms with E-state index in [4.69, 9.17) is 21.1 Å². The summed E-state index contributed by atoms with van der Waals surface area (Å²) in [5, 5.41) is 4.68. The smallest absolute Gasteiger partial charge is 0.257 e. The summed E-state index contributed by atoms with van der Waals surface area (Å²) in [6.45, 7) is 1.62. The molecule has 0 aliphatic heterocycles. The zero-order valence-electron chi connectivity index (χ0n) is 18.9. The highest BCUT2D eigenvalue weighted by Gasteiger charge is 2.21. The molecule has 1 unspecified atom stereocenters. The number of halogens is 1. The van der Waals surface area contributed by atoms with Crippen molar-refractivity contribution in [2.75, 3.05) is 20.3 Å². The first-order chi connectivity index (χ1) is 16.5. The number of benzene rings is 3. The summed E-state index contributed by atoms with van der Waals surface area (Å²) in [6.07, 6.45) is 1.96. The van der Waals surface area contributed by atoms with Gasteiger partial charge in [-0.05, 0) is 48.4 Å². The molecule has 34 heavy (non-hydrogen) atoms. The maximum Gasteiger partial charge on any atom is 0.257 e. The van der Waals surface area contributed by atoms with Crippen molar-refractivity contribution in [1.29, 1.82) is 0 Å². The Morgan fingerprint density at radius 3 is 2.53 bits per heavy atom. The molecule has 7 heteroatoms. The van der Waals surface area contributed by atoms with Gasteiger partial charge in [0.1, 0.15) is 0 Å². The highest BCUT2D eigenvalue weighted by atomic mass is 35.5. The van der Waals surface area contributed by atoms with Gasteiger partial charge in [0.25, 0.3) is 5.91 Å². The average Bonchev–Trinajstić information content (AvgIpc) is 3.27. The number of hydrogen-bond donors (Lipinski definition) is 2. The van der Waals surface area contributed by atoms with Crippen LogP contribution in [0.15, 0.2) is 72.9 Å². The minimum Gasteiger partial charge on any atom is -0.493 e. The lowest BCUT2D eigenvalue weighted by Crippen LogP contribution is -2.33. The number of nitrogens with one attached hydrogen (secondary N) is 2. The summed E-state index contributed by atoms with van der Waals surface area (Å²) in [6, 6.07) is 20.5. The number of Topliss-reactive ketones (excluding diaryl/α,β-unsaturated/α-hetero) is 1. The van der Waals surface area contributed by atoms with Crippen molar-refractivity contribution in [2.24, 2.45) is 0 Å². The van der Waals surface area contributed by atoms with Gasteiger partial charge in [0.05, 0.1) is 7.11 Å². The van der Waals surface area contributed by atoms with Gasteiger partial charge in [-0.1, -0.05) is 48.0 Å². The standard InChI is InChI=1S/C27H25ClN2O4/c1-17(31)18-11-12-25(26(13-18)33-2)34-16-27(32)30-15-21(19-7-3-5-9-23(19)28)22-14-29-24-10-6-4-8-20(22)24/h3-14,21,29H,15-16H2,1-2H3,(H,30,32). The van der Waals surface area contributed by atoms with Crippen LogP contribution in [0, 0.1) is 0 Å². The van der Waals surface area contributed by atoms with Crippen LogP contribution in [0.2, 0.25) is 5.02 Å². The number of hydrogen-bond acceptors (Lipinski definition) is 4. The van der Waals surface area contributed by atoms with E-state index < -0.39 is 0 Å². The predicted molar refractivity (Wildman–Crippen MR) is 133 cm³/mol. The highest BCUT2D eigenvalue weighted by Crippen LogP contribution is 2.34. The number of aromatic nitrogens is 1. The van der Waals surface area contributed by atoms with E-state index in [-0.39, 0.29) is 24.2 Å². The van der Waals surface area contributed by atoms with Gasteiger partial charge in [-0.25, -0.2) is 0 Å². The number of amides is 1. The van der Waals surface area contributed by atoms with Crippen molar-refractivity contribution in [3.63, 3.8) is 0 Å². The van der Waals surface area contributed by atoms with Crippen molar-refractivity contribution < 1.29 is 19.1 Å². The Morgan fingerprint density at radius 1 is 1.00 bits per heavy atom. The fourth-order valence-electron chi connectivity index (χ4n) is 3.94. The Kier molecular flexibility index (Phi) is 7.18. The highest BCUT2D eigenvalue weighted by molar-refractivity contribution is 6.31. The minimum atomic E-state index is -0.283. The van der Waals surface area contributed by atoms with Crippen LogP contribution in [0.25, 0.3) is 10.9 Å². The predicted octanol–water partition coefficient (Wildman–Crippen LogP) is 5.36. The quantitative estimate of drug-likeness (QED) is 0.319. The van der Waals surface area contributed by atoms with E-state index >= 15 is 0 Å². The SMILES string of the molecule is COc1cc(C(C)=O)ccc1OCC(=O)NCC(c1ccccc1Cl)c1c[nH]c2ccccc12. The summed E-state index contributed by atoms with van der Waals surface area (Å²) in [5.74, 6) is 0.272. The maximum absolute atomic E-state index is 12.7. The molecule has 0 saturated carbocycles. The molecule has 1 amide bonds. The molecular formula is C27H25ClN2O4. The molecule has 0 bridgehead atoms. The van der Waals surface area contributed by atoms with Crippen molar-refractivity contribution in [3.8, 4) is 11.5 Å². The van der Waals surface area contributed by atoms with Gasteiger partial charge < -0.3 is 19.8 Å². The Balaban J connectivity index is 1.49. The Morgan fingerprint density at radius 2 is 1.76 bits per heavy atom. The van der Waals surface area contributed by atoms with Gasteiger partial charge >= 0.3 is 0 Å². The summed E-state index contributed by atoms with van der Waals surface area (Å²) < 4.78 is 11.0. The van der Waals surface area contributed by atoms with Gasteiger partial charge in [-0.15, -0.1) is 0 Å². The fraction of sp³-hybridized carbons (Fsp3) is 0.185. The van der Waals surface area contributed by atoms with Gasteiger partial charge in [0.2, 0.25) is 0 Å². The third-order valence-corrected chi connectivity index (χ3v) is 6.05. The van der Waals surface area contributed by atoms with Crippen LogP contribution in [0.3, 0.4) is 0 Å². The minimum absolute atomic E-state index is 0.0783. The van der Waals surface area contributed by atoms with E-state index in [1.165, 1.54) is 14.0 Å². The molecule has 0 saturated heterocycles. The Hall–Kier alpha value is -3.77. The summed E-state index contributed by atoms with van der Waals surface area (Å²) in [5.41, 5.74) is 3.50. The lowest BCUT2D eigenvalue weighted by atomic mass is 9.91. The van der Waals surface area contributed by atoms with E-state index in [0.29, 0.717) is 28.6 Å². The number of aromatic amines is 1. The van der Waals surface area contributed by atoms with Crippen LogP contribution in [0.4, 0.5) is 0 Å². The average molecular weight is 477 g/mol. The molecule has 174 valence electrons. The van der Waals surface area contributed by atoms with Crippen LogP contribution < -0.4 is 14.8 Å². The van der Waals surface area contributed by atoms with E-state index in [1.54, 1.807) is 18.2 Å². The molecule has 4 aromatic rings. The zero-order chi connectivity index (χ0) is 24.1. The number of carbonyl (C=O) groups excluding carboxylic acids is 2. The number of ketones is 1. The molecule has 6 nitrogen and oxygen atoms in total. The fourth-order valence-corrected chi connectivity index (χ4v) is 4.21. The molecule has 0 fully saturated rings. The van der Waals surface area contributed by atoms with E-state index in [0.717, 1.165) is 22.0 Å². The van der Waals surface area contributed by atoms with Crippen molar-refractivity contribution in [3.05, 3.63) is 94.6 Å². The van der Waals surface area contributed by atoms with Gasteiger partial charge in [0, 0.05) is 40.1 Å². The molecule has 3 aromatic carbocycles. The molecule has 1 atom stereocenters. The number of methoxy groups -OCH3 is 1. The van der Waals surface area contributed by atoms with Crippen molar-refractivity contribution >= 4 is 34.2 Å². The van der Waals surface area contributed by atoms with Crippen LogP contribution in [0.5, 0.6) is 11.5 Å². The molecule has 0 aliphatic carbocycles. The first-order valence-corrected chi connectivity index (χ1v) is 11.2. The summed E-state index contributed by atoms with van der Waals surface area (Å²) >= 11 is 6.53. The third-order valence-electron chi connectivity index (χ3n) is 5.71. The number of rotatable bonds is 9. The van der Waals surface area contributed by atoms with E-state index in [9.17, 15) is 9.59 Å². The van der Waals surface area contributed by atoms with Crippen LogP contribution >= 0.6 is 11.6 Å². The molecule has 1 aromatic heterocycles. The van der Waals surface area contributed by atoms with Crippen molar-refractivity contribution in [2.45, 2.75) is 12.8 Å². The lowest BCUT2D eigenvalue weighted by molar-refractivity contribution is -0.123. The van der Waals surface area contributed by atoms with Gasteiger partial charge in [0.15, 0.2) is 23.9 Å². The Bertz CT molecular complexity index is 1330. The van der Waals surface area contributed by atoms with Crippen LogP contribution in [-0.2, 0) is 4.79 Å². The first kappa shape index (κ1) is 23.4.